The Balaban J connectivity index is 0.880. The molecule has 58 heavy (non-hydrogen) atoms. The molecule has 270 valence electrons. The van der Waals surface area contributed by atoms with Crippen LogP contribution in [0.1, 0.15) is 0 Å². The molecule has 0 N–H and O–H groups in total. The Morgan fingerprint density at radius 2 is 0.845 bits per heavy atom. The van der Waals surface area contributed by atoms with Crippen LogP contribution in [0.3, 0.4) is 0 Å². The van der Waals surface area contributed by atoms with Crippen molar-refractivity contribution >= 4 is 65.6 Å². The molecule has 4 nitrogen and oxygen atoms in total. The van der Waals surface area contributed by atoms with Crippen LogP contribution in [0, 0.1) is 0 Å². The zero-order valence-corrected chi connectivity index (χ0v) is 31.2. The highest BCUT2D eigenvalue weighted by Gasteiger charge is 2.17. The Hall–Kier alpha value is -7.82. The molecule has 0 atom stereocenters. The minimum atomic E-state index is 0.678. The Morgan fingerprint density at radius 1 is 0.310 bits per heavy atom. The summed E-state index contributed by atoms with van der Waals surface area (Å²) in [5.41, 5.74) is 14.8. The predicted molar refractivity (Wildman–Crippen MR) is 239 cm³/mol. The number of hydrogen-bond acceptors (Lipinski definition) is 4. The van der Waals surface area contributed by atoms with Crippen LogP contribution in [-0.4, -0.2) is 9.97 Å². The molecule has 0 bridgehead atoms. The van der Waals surface area contributed by atoms with E-state index >= 15 is 0 Å². The van der Waals surface area contributed by atoms with Crippen molar-refractivity contribution in [1.29, 1.82) is 0 Å². The molecule has 0 radical (unpaired) electrons. The van der Waals surface area contributed by atoms with E-state index in [2.05, 4.69) is 170 Å². The molecule has 3 aromatic heterocycles. The first kappa shape index (κ1) is 32.4. The van der Waals surface area contributed by atoms with Gasteiger partial charge in [-0.15, -0.1) is 0 Å². The van der Waals surface area contributed by atoms with Crippen LogP contribution in [0.25, 0.3) is 121 Å². The molecule has 12 rings (SSSR count). The Bertz CT molecular complexity index is 3590. The molecular formula is C54H32N2O2. The van der Waals surface area contributed by atoms with Gasteiger partial charge in [0.15, 0.2) is 5.58 Å². The normalized spacial score (nSPS) is 11.8. The first-order valence-electron chi connectivity index (χ1n) is 19.5. The summed E-state index contributed by atoms with van der Waals surface area (Å²) in [7, 11) is 0. The van der Waals surface area contributed by atoms with Crippen LogP contribution in [0.4, 0.5) is 0 Å². The van der Waals surface area contributed by atoms with E-state index in [1.807, 2.05) is 18.2 Å². The van der Waals surface area contributed by atoms with Gasteiger partial charge in [-0.05, 0) is 109 Å². The lowest BCUT2D eigenvalue weighted by Gasteiger charge is -2.09. The quantitative estimate of drug-likeness (QED) is 0.176. The summed E-state index contributed by atoms with van der Waals surface area (Å²) in [5, 5.41) is 8.12. The van der Waals surface area contributed by atoms with Gasteiger partial charge < -0.3 is 8.83 Å². The van der Waals surface area contributed by atoms with Crippen molar-refractivity contribution in [2.24, 2.45) is 0 Å². The third-order valence-electron chi connectivity index (χ3n) is 11.6. The summed E-state index contributed by atoms with van der Waals surface area (Å²) < 4.78 is 12.9. The van der Waals surface area contributed by atoms with Crippen LogP contribution in [-0.2, 0) is 0 Å². The predicted octanol–water partition coefficient (Wildman–Crippen LogP) is 14.9. The minimum absolute atomic E-state index is 0.678. The third kappa shape index (κ3) is 5.31. The zero-order valence-electron chi connectivity index (χ0n) is 31.2. The van der Waals surface area contributed by atoms with Crippen LogP contribution in [0.15, 0.2) is 203 Å². The first-order chi connectivity index (χ1) is 28.7. The topological polar surface area (TPSA) is 52.1 Å². The highest BCUT2D eigenvalue weighted by molar-refractivity contribution is 6.10. The van der Waals surface area contributed by atoms with Gasteiger partial charge in [-0.1, -0.05) is 140 Å². The van der Waals surface area contributed by atoms with Gasteiger partial charge in [0.1, 0.15) is 34.3 Å². The second-order valence-electron chi connectivity index (χ2n) is 15.0. The number of rotatable bonds is 5. The second kappa shape index (κ2) is 12.9. The molecule has 0 saturated heterocycles. The molecule has 0 fully saturated rings. The van der Waals surface area contributed by atoms with Gasteiger partial charge in [0, 0.05) is 27.3 Å². The van der Waals surface area contributed by atoms with Gasteiger partial charge >= 0.3 is 0 Å². The number of benzene rings is 9. The van der Waals surface area contributed by atoms with Gasteiger partial charge in [-0.25, -0.2) is 9.97 Å². The fourth-order valence-corrected chi connectivity index (χ4v) is 8.62. The van der Waals surface area contributed by atoms with E-state index in [0.29, 0.717) is 5.58 Å². The van der Waals surface area contributed by atoms with E-state index in [-0.39, 0.29) is 0 Å². The lowest BCUT2D eigenvalue weighted by Crippen LogP contribution is -1.88. The fraction of sp³-hybridized carbons (Fsp3) is 0. The van der Waals surface area contributed by atoms with E-state index < -0.39 is 0 Å². The summed E-state index contributed by atoms with van der Waals surface area (Å²) in [6, 6.07) is 66.7. The van der Waals surface area contributed by atoms with E-state index in [4.69, 9.17) is 18.8 Å². The Kier molecular flexibility index (Phi) is 7.20. The molecule has 0 saturated carbocycles. The third-order valence-corrected chi connectivity index (χ3v) is 11.6. The fourth-order valence-electron chi connectivity index (χ4n) is 8.62. The number of furan rings is 2. The minimum Gasteiger partial charge on any atom is -0.455 e. The van der Waals surface area contributed by atoms with Crippen molar-refractivity contribution < 1.29 is 8.83 Å². The Labute approximate surface area is 333 Å². The van der Waals surface area contributed by atoms with Gasteiger partial charge in [-0.2, -0.15) is 0 Å². The molecule has 12 aromatic rings. The van der Waals surface area contributed by atoms with Crippen LogP contribution < -0.4 is 0 Å². The van der Waals surface area contributed by atoms with Crippen molar-refractivity contribution in [3.8, 4) is 55.8 Å². The summed E-state index contributed by atoms with van der Waals surface area (Å²) in [6.07, 6.45) is 1.64. The van der Waals surface area contributed by atoms with Crippen LogP contribution in [0.5, 0.6) is 0 Å². The van der Waals surface area contributed by atoms with Crippen molar-refractivity contribution in [2.45, 2.75) is 0 Å². The number of para-hydroxylation sites is 2. The maximum Gasteiger partial charge on any atom is 0.180 e. The maximum absolute atomic E-state index is 6.53. The molecule has 9 aromatic carbocycles. The summed E-state index contributed by atoms with van der Waals surface area (Å²) in [4.78, 5) is 9.52. The summed E-state index contributed by atoms with van der Waals surface area (Å²) >= 11 is 0. The summed E-state index contributed by atoms with van der Waals surface area (Å²) in [6.45, 7) is 0. The number of fused-ring (bicyclic) bond motifs is 8. The van der Waals surface area contributed by atoms with Gasteiger partial charge in [0.25, 0.3) is 0 Å². The van der Waals surface area contributed by atoms with Gasteiger partial charge in [0.05, 0.1) is 0 Å². The standard InChI is InChI=1S/C54H32N2O2/c1-2-9-34-26-37(19-18-33(34)8-1)38-20-21-40-28-41(23-22-39(40)27-38)42-24-25-50-48(31-42)52-54(58-50)51(55-32-56-52)44-13-6-11-36(30-44)35-10-5-12-43(29-35)45-15-7-16-47-46-14-3-4-17-49(46)57-53(45)47/h1-32H. The van der Waals surface area contributed by atoms with Gasteiger partial charge in [0.2, 0.25) is 0 Å². The van der Waals surface area contributed by atoms with E-state index in [1.165, 1.54) is 32.7 Å². The largest absolute Gasteiger partial charge is 0.455 e. The van der Waals surface area contributed by atoms with Crippen LogP contribution in [0.2, 0.25) is 0 Å². The number of nitrogens with zero attached hydrogens (tertiary/aromatic N) is 2. The second-order valence-corrected chi connectivity index (χ2v) is 15.0. The van der Waals surface area contributed by atoms with Crippen molar-refractivity contribution in [3.05, 3.63) is 194 Å². The molecule has 0 aliphatic carbocycles. The average Bonchev–Trinajstić information content (AvgIpc) is 3.87. The van der Waals surface area contributed by atoms with Gasteiger partial charge in [-0.3, -0.25) is 0 Å². The van der Waals surface area contributed by atoms with E-state index in [1.54, 1.807) is 6.33 Å². The molecule has 0 spiro atoms. The molecule has 0 unspecified atom stereocenters. The molecule has 3 heterocycles. The van der Waals surface area contributed by atoms with E-state index in [0.717, 1.165) is 83.1 Å². The molecule has 0 amide bonds. The molecule has 0 aliphatic heterocycles. The zero-order chi connectivity index (χ0) is 38.2. The SMILES string of the molecule is c1cc(-c2cccc(-c3ncnc4c3oc3ccc(-c5ccc6cc(-c7ccc8ccccc8c7)ccc6c5)cc34)c2)cc(-c2cccc3c2oc2ccccc23)c1. The van der Waals surface area contributed by atoms with E-state index in [9.17, 15) is 0 Å². The van der Waals surface area contributed by atoms with Crippen molar-refractivity contribution in [1.82, 2.24) is 9.97 Å². The van der Waals surface area contributed by atoms with Crippen LogP contribution >= 0.6 is 0 Å². The summed E-state index contributed by atoms with van der Waals surface area (Å²) in [5.74, 6) is 0. The molecule has 4 heteroatoms. The Morgan fingerprint density at radius 3 is 1.64 bits per heavy atom. The number of hydrogen-bond donors (Lipinski definition) is 0. The molecular weight excluding hydrogens is 709 g/mol. The first-order valence-corrected chi connectivity index (χ1v) is 19.5. The molecule has 0 aliphatic rings. The van der Waals surface area contributed by atoms with Crippen molar-refractivity contribution in [3.63, 3.8) is 0 Å². The van der Waals surface area contributed by atoms with Crippen molar-refractivity contribution in [2.75, 3.05) is 0 Å². The lowest BCUT2D eigenvalue weighted by atomic mass is 9.96. The highest BCUT2D eigenvalue weighted by atomic mass is 16.3. The highest BCUT2D eigenvalue weighted by Crippen LogP contribution is 2.40. The number of aromatic nitrogens is 2. The smallest absolute Gasteiger partial charge is 0.180 e. The maximum atomic E-state index is 6.53. The average molecular weight is 741 g/mol. The lowest BCUT2D eigenvalue weighted by molar-refractivity contribution is 0.667. The monoisotopic (exact) mass is 740 g/mol.